The second kappa shape index (κ2) is 8.39. The second-order valence-electron chi connectivity index (χ2n) is 9.70. The smallest absolute Gasteiger partial charge is 0.249 e. The SMILES string of the molecule is C=C1C2C(CCc3ccccc3-c3cc(-c4ccccn4)cc[n+]31)c1ccccc1-c1cccc[n+]12. The van der Waals surface area contributed by atoms with Crippen molar-refractivity contribution in [2.45, 2.75) is 24.8 Å². The Balaban J connectivity index is 1.49. The molecule has 2 unspecified atom stereocenters. The van der Waals surface area contributed by atoms with E-state index in [1.807, 2.05) is 18.3 Å². The van der Waals surface area contributed by atoms with Crippen LogP contribution in [-0.4, -0.2) is 4.98 Å². The van der Waals surface area contributed by atoms with Gasteiger partial charge in [-0.05, 0) is 60.9 Å². The number of rotatable bonds is 1. The maximum atomic E-state index is 4.76. The predicted molar refractivity (Wildman–Crippen MR) is 143 cm³/mol. The van der Waals surface area contributed by atoms with Gasteiger partial charge in [-0.2, -0.15) is 9.13 Å². The van der Waals surface area contributed by atoms with Crippen LogP contribution in [0.15, 0.2) is 122 Å². The summed E-state index contributed by atoms with van der Waals surface area (Å²) >= 11 is 0. The Bertz CT molecular complexity index is 1620. The molecule has 2 aromatic carbocycles. The van der Waals surface area contributed by atoms with Gasteiger partial charge in [-0.3, -0.25) is 4.98 Å². The summed E-state index contributed by atoms with van der Waals surface area (Å²) in [5, 5.41) is 0. The molecule has 5 aromatic rings. The lowest BCUT2D eigenvalue weighted by molar-refractivity contribution is -0.727. The molecule has 0 saturated carbocycles. The molecule has 7 rings (SSSR count). The molecular weight excluding hydrogens is 438 g/mol. The highest BCUT2D eigenvalue weighted by atomic mass is 15.1. The molecule has 0 N–H and O–H groups in total. The van der Waals surface area contributed by atoms with Crippen molar-refractivity contribution in [3.8, 4) is 33.8 Å². The molecule has 2 atom stereocenters. The summed E-state index contributed by atoms with van der Waals surface area (Å²) in [6.07, 6.45) is 8.33. The van der Waals surface area contributed by atoms with Crippen molar-refractivity contribution >= 4 is 5.70 Å². The minimum atomic E-state index is 0.120. The van der Waals surface area contributed by atoms with Crippen LogP contribution in [0.25, 0.3) is 39.5 Å². The van der Waals surface area contributed by atoms with Crippen molar-refractivity contribution in [1.82, 2.24) is 4.98 Å². The van der Waals surface area contributed by atoms with Crippen molar-refractivity contribution in [2.24, 2.45) is 0 Å². The largest absolute Gasteiger partial charge is 0.256 e. The number of allylic oxidation sites excluding steroid dienone is 1. The number of hydrogen-bond donors (Lipinski definition) is 0. The molecule has 0 radical (unpaired) electrons. The zero-order valence-electron chi connectivity index (χ0n) is 20.1. The fourth-order valence-corrected chi connectivity index (χ4v) is 6.14. The summed E-state index contributed by atoms with van der Waals surface area (Å²) in [4.78, 5) is 4.62. The average molecular weight is 466 g/mol. The summed E-state index contributed by atoms with van der Waals surface area (Å²) in [5.74, 6) is 0.329. The van der Waals surface area contributed by atoms with E-state index in [1.54, 1.807) is 0 Å². The Kier molecular flexibility index (Phi) is 4.88. The van der Waals surface area contributed by atoms with E-state index < -0.39 is 0 Å². The van der Waals surface area contributed by atoms with Crippen LogP contribution < -0.4 is 9.13 Å². The minimum absolute atomic E-state index is 0.120. The third-order valence-corrected chi connectivity index (χ3v) is 7.79. The Labute approximate surface area is 211 Å². The molecular formula is C33H27N3+2. The highest BCUT2D eigenvalue weighted by molar-refractivity contribution is 5.70. The molecule has 3 aromatic heterocycles. The van der Waals surface area contributed by atoms with Crippen molar-refractivity contribution in [3.05, 3.63) is 133 Å². The Morgan fingerprint density at radius 2 is 1.56 bits per heavy atom. The molecule has 172 valence electrons. The predicted octanol–water partition coefficient (Wildman–Crippen LogP) is 6.41. The normalized spacial score (nSPS) is 17.8. The molecule has 5 heterocycles. The van der Waals surface area contributed by atoms with Crippen LogP contribution in [0.1, 0.15) is 29.5 Å². The molecule has 0 fully saturated rings. The molecule has 36 heavy (non-hydrogen) atoms. The van der Waals surface area contributed by atoms with Crippen LogP contribution in [-0.2, 0) is 6.42 Å². The molecule has 3 heteroatoms. The van der Waals surface area contributed by atoms with Crippen LogP contribution in [0, 0.1) is 0 Å². The third kappa shape index (κ3) is 3.24. The maximum Gasteiger partial charge on any atom is 0.249 e. The van der Waals surface area contributed by atoms with Crippen molar-refractivity contribution < 1.29 is 9.13 Å². The third-order valence-electron chi connectivity index (χ3n) is 7.79. The van der Waals surface area contributed by atoms with E-state index in [1.165, 1.54) is 27.9 Å². The number of pyridine rings is 3. The van der Waals surface area contributed by atoms with Crippen LogP contribution in [0.4, 0.5) is 0 Å². The van der Waals surface area contributed by atoms with E-state index in [4.69, 9.17) is 6.58 Å². The quantitative estimate of drug-likeness (QED) is 0.262. The first-order valence-electron chi connectivity index (χ1n) is 12.6. The van der Waals surface area contributed by atoms with Crippen LogP contribution in [0.3, 0.4) is 0 Å². The highest BCUT2D eigenvalue weighted by Crippen LogP contribution is 2.44. The monoisotopic (exact) mass is 465 g/mol. The Hall–Kier alpha value is -4.37. The standard InChI is InChI=1S/C33H27N3/c1-23-33-29(27-12-4-5-13-28(27)31-15-7-9-20-36(31)33)17-16-24-10-2-3-11-26(24)32-22-25(18-21-35(23)32)30-14-6-8-19-34-30/h2-15,18-22,29,33H,1,16-17H2/q+2. The Morgan fingerprint density at radius 3 is 2.44 bits per heavy atom. The van der Waals surface area contributed by atoms with Crippen LogP contribution in [0.5, 0.6) is 0 Å². The summed E-state index contributed by atoms with van der Waals surface area (Å²) in [5.41, 5.74) is 11.0. The molecule has 2 aliphatic rings. The van der Waals surface area contributed by atoms with E-state index in [0.717, 1.165) is 35.5 Å². The van der Waals surface area contributed by atoms with Gasteiger partial charge in [-0.25, -0.2) is 0 Å². The van der Waals surface area contributed by atoms with Gasteiger partial charge in [0.1, 0.15) is 0 Å². The van der Waals surface area contributed by atoms with Crippen molar-refractivity contribution in [1.29, 1.82) is 0 Å². The average Bonchev–Trinajstić information content (AvgIpc) is 3.00. The fraction of sp³-hybridized carbons (Fsp3) is 0.121. The number of hydrogen-bond acceptors (Lipinski definition) is 1. The lowest BCUT2D eigenvalue weighted by Crippen LogP contribution is -2.53. The van der Waals surface area contributed by atoms with E-state index in [9.17, 15) is 0 Å². The summed E-state index contributed by atoms with van der Waals surface area (Å²) < 4.78 is 4.75. The van der Waals surface area contributed by atoms with Crippen LogP contribution in [0.2, 0.25) is 0 Å². The van der Waals surface area contributed by atoms with Crippen molar-refractivity contribution in [2.75, 3.05) is 0 Å². The van der Waals surface area contributed by atoms with Gasteiger partial charge in [-0.1, -0.05) is 42.5 Å². The lowest BCUT2D eigenvalue weighted by atomic mass is 9.78. The van der Waals surface area contributed by atoms with E-state index in [0.29, 0.717) is 5.92 Å². The first-order valence-corrected chi connectivity index (χ1v) is 12.6. The van der Waals surface area contributed by atoms with Gasteiger partial charge in [0.2, 0.25) is 23.1 Å². The number of aromatic nitrogens is 3. The van der Waals surface area contributed by atoms with Gasteiger partial charge in [0, 0.05) is 47.2 Å². The van der Waals surface area contributed by atoms with Gasteiger partial charge in [0.05, 0.1) is 11.6 Å². The zero-order chi connectivity index (χ0) is 24.1. The molecule has 0 amide bonds. The summed E-state index contributed by atoms with van der Waals surface area (Å²) in [6, 6.07) is 34.9. The fourth-order valence-electron chi connectivity index (χ4n) is 6.14. The second-order valence-corrected chi connectivity index (χ2v) is 9.70. The van der Waals surface area contributed by atoms with Gasteiger partial charge < -0.3 is 0 Å². The first-order chi connectivity index (χ1) is 17.8. The van der Waals surface area contributed by atoms with Crippen LogP contribution >= 0.6 is 0 Å². The molecule has 3 nitrogen and oxygen atoms in total. The zero-order valence-corrected chi connectivity index (χ0v) is 20.1. The highest BCUT2D eigenvalue weighted by Gasteiger charge is 2.46. The Morgan fingerprint density at radius 1 is 0.750 bits per heavy atom. The van der Waals surface area contributed by atoms with E-state index in [2.05, 4.69) is 111 Å². The molecule has 2 aliphatic heterocycles. The minimum Gasteiger partial charge on any atom is -0.256 e. The number of fused-ring (bicyclic) bond motifs is 9. The topological polar surface area (TPSA) is 20.6 Å². The maximum absolute atomic E-state index is 4.76. The van der Waals surface area contributed by atoms with Gasteiger partial charge in [0.25, 0.3) is 0 Å². The van der Waals surface area contributed by atoms with Gasteiger partial charge in [0.15, 0.2) is 12.4 Å². The van der Waals surface area contributed by atoms with Crippen molar-refractivity contribution in [3.63, 3.8) is 0 Å². The van der Waals surface area contributed by atoms with Gasteiger partial charge in [-0.15, -0.1) is 0 Å². The molecule has 0 spiro atoms. The number of aryl methyl sites for hydroxylation is 1. The first kappa shape index (κ1) is 21.0. The summed E-state index contributed by atoms with van der Waals surface area (Å²) in [6.45, 7) is 4.76. The van der Waals surface area contributed by atoms with E-state index >= 15 is 0 Å². The van der Waals surface area contributed by atoms with E-state index in [-0.39, 0.29) is 6.04 Å². The number of nitrogens with zero attached hydrogens (tertiary/aromatic N) is 3. The number of benzene rings is 2. The van der Waals surface area contributed by atoms with Gasteiger partial charge >= 0.3 is 0 Å². The lowest BCUT2D eigenvalue weighted by Gasteiger charge is -2.29. The molecule has 0 bridgehead atoms. The summed E-state index contributed by atoms with van der Waals surface area (Å²) in [7, 11) is 0. The molecule has 0 saturated heterocycles. The molecule has 0 aliphatic carbocycles.